The lowest BCUT2D eigenvalue weighted by molar-refractivity contribution is 0.262. The molecule has 0 saturated carbocycles. The molecule has 2 amide bonds. The predicted octanol–water partition coefficient (Wildman–Crippen LogP) is 5.12. The standard InChI is InChI=1S/C21H18ClN5O2/c1-29-17-10-9-16(18-19(17)26-27-20(18)23)12-5-7-14(8-6-12)24-21(28)25-15-4-2-3-13(22)11-15/h2-11H,1H3,(H3,23,26,27)(H2,24,25,28). The molecule has 4 rings (SSSR count). The Morgan fingerprint density at radius 3 is 2.55 bits per heavy atom. The van der Waals surface area contributed by atoms with Gasteiger partial charge in [0.25, 0.3) is 0 Å². The van der Waals surface area contributed by atoms with Crippen molar-refractivity contribution in [2.24, 2.45) is 0 Å². The fourth-order valence-electron chi connectivity index (χ4n) is 3.14. The number of carbonyl (C=O) groups is 1. The van der Waals surface area contributed by atoms with E-state index in [0.717, 1.165) is 22.0 Å². The highest BCUT2D eigenvalue weighted by atomic mass is 35.5. The Morgan fingerprint density at radius 2 is 1.83 bits per heavy atom. The largest absolute Gasteiger partial charge is 0.494 e. The van der Waals surface area contributed by atoms with Crippen LogP contribution in [-0.2, 0) is 0 Å². The molecule has 0 saturated heterocycles. The number of amides is 2. The van der Waals surface area contributed by atoms with Crippen molar-refractivity contribution in [2.45, 2.75) is 0 Å². The summed E-state index contributed by atoms with van der Waals surface area (Å²) >= 11 is 5.93. The number of ether oxygens (including phenoxy) is 1. The second kappa shape index (κ2) is 7.73. The number of anilines is 3. The van der Waals surface area contributed by atoms with E-state index in [9.17, 15) is 4.79 Å². The molecule has 0 aliphatic carbocycles. The Kier molecular flexibility index (Phi) is 4.97. The Morgan fingerprint density at radius 1 is 1.07 bits per heavy atom. The van der Waals surface area contributed by atoms with Crippen molar-refractivity contribution in [3.63, 3.8) is 0 Å². The number of halogens is 1. The highest BCUT2D eigenvalue weighted by Gasteiger charge is 2.14. The summed E-state index contributed by atoms with van der Waals surface area (Å²) in [7, 11) is 1.60. The van der Waals surface area contributed by atoms with Crippen molar-refractivity contribution < 1.29 is 9.53 Å². The zero-order chi connectivity index (χ0) is 20.4. The van der Waals surface area contributed by atoms with Gasteiger partial charge >= 0.3 is 6.03 Å². The van der Waals surface area contributed by atoms with Gasteiger partial charge in [-0.05, 0) is 53.6 Å². The number of aromatic amines is 1. The first kappa shape index (κ1) is 18.6. The minimum Gasteiger partial charge on any atom is -0.494 e. The van der Waals surface area contributed by atoms with Gasteiger partial charge in [-0.3, -0.25) is 5.10 Å². The number of nitrogens with zero attached hydrogens (tertiary/aromatic N) is 1. The molecule has 0 aliphatic heterocycles. The summed E-state index contributed by atoms with van der Waals surface area (Å²) in [4.78, 5) is 12.2. The van der Waals surface area contributed by atoms with Gasteiger partial charge in [0, 0.05) is 16.4 Å². The summed E-state index contributed by atoms with van der Waals surface area (Å²) in [5, 5.41) is 13.9. The molecule has 0 fully saturated rings. The Bertz CT molecular complexity index is 1190. The van der Waals surface area contributed by atoms with Crippen molar-refractivity contribution in [3.8, 4) is 16.9 Å². The Labute approximate surface area is 171 Å². The number of methoxy groups -OCH3 is 1. The normalized spacial score (nSPS) is 10.7. The number of carbonyl (C=O) groups excluding carboxylic acids is 1. The maximum Gasteiger partial charge on any atom is 0.323 e. The van der Waals surface area contributed by atoms with Crippen LogP contribution in [0.1, 0.15) is 0 Å². The van der Waals surface area contributed by atoms with Crippen LogP contribution in [0.25, 0.3) is 22.0 Å². The van der Waals surface area contributed by atoms with Crippen molar-refractivity contribution in [1.29, 1.82) is 0 Å². The van der Waals surface area contributed by atoms with E-state index in [2.05, 4.69) is 20.8 Å². The number of urea groups is 1. The maximum atomic E-state index is 12.2. The van der Waals surface area contributed by atoms with E-state index < -0.39 is 0 Å². The minimum absolute atomic E-state index is 0.356. The summed E-state index contributed by atoms with van der Waals surface area (Å²) in [5.41, 5.74) is 9.91. The molecule has 8 heteroatoms. The lowest BCUT2D eigenvalue weighted by Gasteiger charge is -2.10. The molecule has 0 aliphatic rings. The molecule has 0 radical (unpaired) electrons. The molecule has 1 aromatic heterocycles. The van der Waals surface area contributed by atoms with Gasteiger partial charge in [-0.25, -0.2) is 4.79 Å². The van der Waals surface area contributed by atoms with Gasteiger partial charge < -0.3 is 21.1 Å². The third-order valence-corrected chi connectivity index (χ3v) is 4.70. The van der Waals surface area contributed by atoms with E-state index in [-0.39, 0.29) is 6.03 Å². The molecule has 0 bridgehead atoms. The molecule has 146 valence electrons. The molecule has 3 aromatic carbocycles. The number of rotatable bonds is 4. The van der Waals surface area contributed by atoms with Crippen molar-refractivity contribution >= 4 is 45.7 Å². The number of nitrogens with two attached hydrogens (primary N) is 1. The summed E-state index contributed by atoms with van der Waals surface area (Å²) in [6.07, 6.45) is 0. The first-order valence-electron chi connectivity index (χ1n) is 8.79. The van der Waals surface area contributed by atoms with Gasteiger partial charge in [0.2, 0.25) is 0 Å². The fraction of sp³-hybridized carbons (Fsp3) is 0.0476. The zero-order valence-electron chi connectivity index (χ0n) is 15.5. The molecular formula is C21H18ClN5O2. The van der Waals surface area contributed by atoms with Gasteiger partial charge in [0.15, 0.2) is 5.82 Å². The smallest absolute Gasteiger partial charge is 0.323 e. The summed E-state index contributed by atoms with van der Waals surface area (Å²) < 4.78 is 5.36. The lowest BCUT2D eigenvalue weighted by atomic mass is 10.0. The number of benzene rings is 3. The second-order valence-corrected chi connectivity index (χ2v) is 6.78. The number of H-pyrrole nitrogens is 1. The highest BCUT2D eigenvalue weighted by molar-refractivity contribution is 6.30. The Balaban J connectivity index is 1.55. The number of nitrogen functional groups attached to an aromatic ring is 1. The molecule has 0 spiro atoms. The number of nitrogens with one attached hydrogen (secondary N) is 3. The van der Waals surface area contributed by atoms with Gasteiger partial charge in [-0.2, -0.15) is 5.10 Å². The number of fused-ring (bicyclic) bond motifs is 1. The van der Waals surface area contributed by atoms with Gasteiger partial charge in [0.05, 0.1) is 12.5 Å². The van der Waals surface area contributed by atoms with Crippen LogP contribution in [0, 0.1) is 0 Å². The van der Waals surface area contributed by atoms with Crippen LogP contribution in [0.3, 0.4) is 0 Å². The first-order valence-corrected chi connectivity index (χ1v) is 9.17. The van der Waals surface area contributed by atoms with Gasteiger partial charge in [-0.1, -0.05) is 29.8 Å². The Hall–Kier alpha value is -3.71. The minimum atomic E-state index is -0.356. The van der Waals surface area contributed by atoms with Crippen molar-refractivity contribution in [1.82, 2.24) is 10.2 Å². The molecular weight excluding hydrogens is 390 g/mol. The van der Waals surface area contributed by atoms with Crippen LogP contribution in [0.5, 0.6) is 5.75 Å². The first-order chi connectivity index (χ1) is 14.0. The van der Waals surface area contributed by atoms with Crippen molar-refractivity contribution in [3.05, 3.63) is 65.7 Å². The SMILES string of the molecule is COc1ccc(-c2ccc(NC(=O)Nc3cccc(Cl)c3)cc2)c2c(N)n[nH]c12. The zero-order valence-corrected chi connectivity index (χ0v) is 16.2. The third kappa shape index (κ3) is 3.81. The number of hydrogen-bond acceptors (Lipinski definition) is 4. The quantitative estimate of drug-likeness (QED) is 0.377. The number of hydrogen-bond donors (Lipinski definition) is 4. The van der Waals surface area contributed by atoms with Gasteiger partial charge in [0.1, 0.15) is 11.3 Å². The van der Waals surface area contributed by atoms with Gasteiger partial charge in [-0.15, -0.1) is 0 Å². The molecule has 4 aromatic rings. The van der Waals surface area contributed by atoms with Crippen LogP contribution >= 0.6 is 11.6 Å². The van der Waals surface area contributed by atoms with E-state index in [1.807, 2.05) is 36.4 Å². The second-order valence-electron chi connectivity index (χ2n) is 6.34. The number of aromatic nitrogens is 2. The van der Waals surface area contributed by atoms with Crippen LogP contribution < -0.4 is 21.1 Å². The monoisotopic (exact) mass is 407 g/mol. The molecule has 7 nitrogen and oxygen atoms in total. The molecule has 0 unspecified atom stereocenters. The van der Waals surface area contributed by atoms with E-state index in [1.165, 1.54) is 0 Å². The summed E-state index contributed by atoms with van der Waals surface area (Å²) in [6, 6.07) is 17.8. The van der Waals surface area contributed by atoms with E-state index >= 15 is 0 Å². The third-order valence-electron chi connectivity index (χ3n) is 4.47. The van der Waals surface area contributed by atoms with E-state index in [1.54, 1.807) is 31.4 Å². The fourth-order valence-corrected chi connectivity index (χ4v) is 3.33. The average molecular weight is 408 g/mol. The lowest BCUT2D eigenvalue weighted by Crippen LogP contribution is -2.19. The summed E-state index contributed by atoms with van der Waals surface area (Å²) in [5.74, 6) is 1.07. The molecule has 0 atom stereocenters. The van der Waals surface area contributed by atoms with Crippen LogP contribution in [0.2, 0.25) is 5.02 Å². The van der Waals surface area contributed by atoms with Crippen LogP contribution in [0.4, 0.5) is 22.0 Å². The molecule has 5 N–H and O–H groups in total. The highest BCUT2D eigenvalue weighted by Crippen LogP contribution is 2.36. The van der Waals surface area contributed by atoms with Crippen LogP contribution in [0.15, 0.2) is 60.7 Å². The summed E-state index contributed by atoms with van der Waals surface area (Å²) in [6.45, 7) is 0. The average Bonchev–Trinajstić information content (AvgIpc) is 3.10. The molecule has 29 heavy (non-hydrogen) atoms. The van der Waals surface area contributed by atoms with Crippen LogP contribution in [-0.4, -0.2) is 23.3 Å². The maximum absolute atomic E-state index is 12.2. The topological polar surface area (TPSA) is 105 Å². The predicted molar refractivity (Wildman–Crippen MR) is 117 cm³/mol. The van der Waals surface area contributed by atoms with Crippen molar-refractivity contribution in [2.75, 3.05) is 23.5 Å². The van der Waals surface area contributed by atoms with E-state index in [4.69, 9.17) is 22.1 Å². The molecule has 1 heterocycles. The van der Waals surface area contributed by atoms with E-state index in [0.29, 0.717) is 28.0 Å².